The fourth-order valence-electron chi connectivity index (χ4n) is 1.27. The summed E-state index contributed by atoms with van der Waals surface area (Å²) in [6, 6.07) is 10.6. The molecular weight excluding hydrogens is 244 g/mol. The Balaban J connectivity index is 2.76. The molecule has 0 saturated heterocycles. The highest BCUT2D eigenvalue weighted by Gasteiger charge is 2.14. The van der Waals surface area contributed by atoms with Crippen molar-refractivity contribution in [2.45, 2.75) is 20.0 Å². The number of amides is 2. The maximum atomic E-state index is 11.7. The van der Waals surface area contributed by atoms with Crippen LogP contribution in [0, 0.1) is 11.3 Å². The molecule has 0 aliphatic carbocycles. The van der Waals surface area contributed by atoms with Crippen LogP contribution in [0.4, 0.5) is 4.79 Å². The van der Waals surface area contributed by atoms with Crippen molar-refractivity contribution in [3.63, 3.8) is 0 Å². The average molecular weight is 258 g/mol. The molecule has 0 unspecified atom stereocenters. The third-order valence-corrected chi connectivity index (χ3v) is 2.03. The number of alkyl carbamates (subject to hydrolysis) is 1. The molecule has 2 amide bonds. The second kappa shape index (κ2) is 6.97. The summed E-state index contributed by atoms with van der Waals surface area (Å²) < 4.78 is 4.76. The van der Waals surface area contributed by atoms with Crippen LogP contribution < -0.4 is 5.32 Å². The third-order valence-electron chi connectivity index (χ3n) is 2.03. The molecule has 1 aromatic rings. The number of hydrogen-bond donors (Lipinski definition) is 1. The first kappa shape index (κ1) is 14.5. The molecule has 5 nitrogen and oxygen atoms in total. The van der Waals surface area contributed by atoms with Crippen LogP contribution in [-0.4, -0.2) is 18.1 Å². The Morgan fingerprint density at radius 2 is 1.95 bits per heavy atom. The predicted molar refractivity (Wildman–Crippen MR) is 69.8 cm³/mol. The Morgan fingerprint density at radius 1 is 1.32 bits per heavy atom. The number of carbonyl (C=O) groups is 2. The summed E-state index contributed by atoms with van der Waals surface area (Å²) in [6.45, 7) is 3.32. The van der Waals surface area contributed by atoms with Crippen LogP contribution >= 0.6 is 0 Å². The molecule has 0 fully saturated rings. The molecule has 98 valence electrons. The SMILES string of the molecule is CC(C)OC(=O)NC(=O)C(C#N)=Cc1ccccc1. The van der Waals surface area contributed by atoms with E-state index in [2.05, 4.69) is 0 Å². The highest BCUT2D eigenvalue weighted by molar-refractivity contribution is 6.07. The molecule has 0 radical (unpaired) electrons. The van der Waals surface area contributed by atoms with E-state index in [0.29, 0.717) is 5.56 Å². The van der Waals surface area contributed by atoms with Gasteiger partial charge in [0.2, 0.25) is 0 Å². The summed E-state index contributed by atoms with van der Waals surface area (Å²) >= 11 is 0. The summed E-state index contributed by atoms with van der Waals surface area (Å²) in [6.07, 6.45) is 0.198. The first-order chi connectivity index (χ1) is 9.02. The van der Waals surface area contributed by atoms with Gasteiger partial charge in [-0.05, 0) is 25.5 Å². The zero-order chi connectivity index (χ0) is 14.3. The van der Waals surface area contributed by atoms with Crippen molar-refractivity contribution in [1.82, 2.24) is 5.32 Å². The van der Waals surface area contributed by atoms with Gasteiger partial charge in [-0.15, -0.1) is 0 Å². The minimum absolute atomic E-state index is 0.160. The Hall–Kier alpha value is -2.61. The van der Waals surface area contributed by atoms with Gasteiger partial charge >= 0.3 is 6.09 Å². The molecule has 0 spiro atoms. The van der Waals surface area contributed by atoms with Gasteiger partial charge in [0, 0.05) is 0 Å². The van der Waals surface area contributed by atoms with Gasteiger partial charge in [0.15, 0.2) is 0 Å². The van der Waals surface area contributed by atoms with Crippen LogP contribution in [0.25, 0.3) is 6.08 Å². The summed E-state index contributed by atoms with van der Waals surface area (Å²) in [4.78, 5) is 22.9. The number of imide groups is 1. The first-order valence-corrected chi connectivity index (χ1v) is 5.71. The molecule has 0 bridgehead atoms. The van der Waals surface area contributed by atoms with Gasteiger partial charge in [-0.3, -0.25) is 10.1 Å². The molecule has 0 aliphatic rings. The minimum Gasteiger partial charge on any atom is -0.447 e. The smallest absolute Gasteiger partial charge is 0.414 e. The maximum absolute atomic E-state index is 11.7. The molecule has 1 aromatic carbocycles. The van der Waals surface area contributed by atoms with E-state index in [1.165, 1.54) is 6.08 Å². The molecule has 0 atom stereocenters. The topological polar surface area (TPSA) is 79.2 Å². The van der Waals surface area contributed by atoms with E-state index in [1.807, 2.05) is 11.4 Å². The van der Waals surface area contributed by atoms with Gasteiger partial charge in [0.25, 0.3) is 5.91 Å². The van der Waals surface area contributed by atoms with Crippen LogP contribution in [0.2, 0.25) is 0 Å². The van der Waals surface area contributed by atoms with Crippen molar-refractivity contribution in [3.8, 4) is 6.07 Å². The van der Waals surface area contributed by atoms with Crippen molar-refractivity contribution in [1.29, 1.82) is 5.26 Å². The minimum atomic E-state index is -0.866. The average Bonchev–Trinajstić information content (AvgIpc) is 2.35. The highest BCUT2D eigenvalue weighted by atomic mass is 16.6. The number of carbonyl (C=O) groups excluding carboxylic acids is 2. The molecule has 1 rings (SSSR count). The molecule has 0 heterocycles. The molecular formula is C14H14N2O3. The lowest BCUT2D eigenvalue weighted by atomic mass is 10.1. The zero-order valence-electron chi connectivity index (χ0n) is 10.7. The molecule has 0 aromatic heterocycles. The molecule has 0 aliphatic heterocycles. The highest BCUT2D eigenvalue weighted by Crippen LogP contribution is 2.06. The van der Waals surface area contributed by atoms with E-state index < -0.39 is 12.0 Å². The molecule has 0 saturated carbocycles. The van der Waals surface area contributed by atoms with Crippen LogP contribution in [-0.2, 0) is 9.53 Å². The summed E-state index contributed by atoms with van der Waals surface area (Å²) in [5.41, 5.74) is 0.540. The summed E-state index contributed by atoms with van der Waals surface area (Å²) in [5.74, 6) is -0.781. The molecule has 5 heteroatoms. The third kappa shape index (κ3) is 5.04. The van der Waals surface area contributed by atoms with Gasteiger partial charge in [0.05, 0.1) is 6.10 Å². The number of nitrogens with zero attached hydrogens (tertiary/aromatic N) is 1. The number of nitriles is 1. The predicted octanol–water partition coefficient (Wildman–Crippen LogP) is 2.25. The number of rotatable bonds is 3. The van der Waals surface area contributed by atoms with Gasteiger partial charge in [-0.25, -0.2) is 4.79 Å². The molecule has 1 N–H and O–H groups in total. The van der Waals surface area contributed by atoms with Crippen LogP contribution in [0.15, 0.2) is 35.9 Å². The maximum Gasteiger partial charge on any atom is 0.414 e. The van der Waals surface area contributed by atoms with Gasteiger partial charge in [-0.1, -0.05) is 30.3 Å². The van der Waals surface area contributed by atoms with E-state index in [0.717, 1.165) is 0 Å². The van der Waals surface area contributed by atoms with E-state index >= 15 is 0 Å². The summed E-state index contributed by atoms with van der Waals surface area (Å²) in [7, 11) is 0. The Morgan fingerprint density at radius 3 is 2.47 bits per heavy atom. The van der Waals surface area contributed by atoms with Crippen LogP contribution in [0.3, 0.4) is 0 Å². The quantitative estimate of drug-likeness (QED) is 0.666. The standard InChI is InChI=1S/C14H14N2O3/c1-10(2)19-14(18)16-13(17)12(9-15)8-11-6-4-3-5-7-11/h3-8,10H,1-2H3,(H,16,17,18). The fraction of sp³-hybridized carbons (Fsp3) is 0.214. The van der Waals surface area contributed by atoms with Crippen molar-refractivity contribution in [2.75, 3.05) is 0 Å². The lowest BCUT2D eigenvalue weighted by molar-refractivity contribution is -0.116. The monoisotopic (exact) mass is 258 g/mol. The van der Waals surface area contributed by atoms with E-state index in [1.54, 1.807) is 44.2 Å². The van der Waals surface area contributed by atoms with Crippen LogP contribution in [0.1, 0.15) is 19.4 Å². The van der Waals surface area contributed by atoms with Crippen LogP contribution in [0.5, 0.6) is 0 Å². The number of benzene rings is 1. The van der Waals surface area contributed by atoms with Gasteiger partial charge in [-0.2, -0.15) is 5.26 Å². The Kier molecular flexibility index (Phi) is 5.30. The van der Waals surface area contributed by atoms with E-state index in [4.69, 9.17) is 10.00 Å². The van der Waals surface area contributed by atoms with Crippen molar-refractivity contribution in [2.24, 2.45) is 0 Å². The molecule has 19 heavy (non-hydrogen) atoms. The first-order valence-electron chi connectivity index (χ1n) is 5.71. The lowest BCUT2D eigenvalue weighted by Crippen LogP contribution is -2.33. The fourth-order valence-corrected chi connectivity index (χ4v) is 1.27. The second-order valence-electron chi connectivity index (χ2n) is 3.99. The van der Waals surface area contributed by atoms with E-state index in [-0.39, 0.29) is 11.7 Å². The second-order valence-corrected chi connectivity index (χ2v) is 3.99. The Labute approximate surface area is 111 Å². The Bertz CT molecular complexity index is 527. The number of nitrogens with one attached hydrogen (secondary N) is 1. The van der Waals surface area contributed by atoms with E-state index in [9.17, 15) is 9.59 Å². The number of ether oxygens (including phenoxy) is 1. The number of hydrogen-bond acceptors (Lipinski definition) is 4. The van der Waals surface area contributed by atoms with Gasteiger partial charge < -0.3 is 4.74 Å². The zero-order valence-corrected chi connectivity index (χ0v) is 10.7. The lowest BCUT2D eigenvalue weighted by Gasteiger charge is -2.07. The largest absolute Gasteiger partial charge is 0.447 e. The van der Waals surface area contributed by atoms with Gasteiger partial charge in [0.1, 0.15) is 11.6 Å². The van der Waals surface area contributed by atoms with Crippen molar-refractivity contribution < 1.29 is 14.3 Å². The van der Waals surface area contributed by atoms with Crippen molar-refractivity contribution >= 4 is 18.1 Å². The summed E-state index contributed by atoms with van der Waals surface area (Å²) in [5, 5.41) is 10.9. The van der Waals surface area contributed by atoms with Crippen molar-refractivity contribution in [3.05, 3.63) is 41.5 Å². The normalized spacial score (nSPS) is 10.7.